The van der Waals surface area contributed by atoms with Crippen LogP contribution in [0.2, 0.25) is 0 Å². The van der Waals surface area contributed by atoms with E-state index in [1.807, 2.05) is 0 Å². The molecular formula is C8H13Cl3O8S2. The van der Waals surface area contributed by atoms with E-state index in [2.05, 4.69) is 8.37 Å². The summed E-state index contributed by atoms with van der Waals surface area (Å²) in [5, 5.41) is 0. The average molecular weight is 408 g/mol. The van der Waals surface area contributed by atoms with Gasteiger partial charge in [-0.15, -0.1) is 0 Å². The van der Waals surface area contributed by atoms with Crippen LogP contribution < -0.4 is 0 Å². The summed E-state index contributed by atoms with van der Waals surface area (Å²) in [7, 11) is -7.45. The Hall–Kier alpha value is 0.610. The van der Waals surface area contributed by atoms with Crippen LogP contribution in [0, 0.1) is 0 Å². The second kappa shape index (κ2) is 7.02. The van der Waals surface area contributed by atoms with E-state index in [1.165, 1.54) is 0 Å². The second-order valence-electron chi connectivity index (χ2n) is 4.20. The van der Waals surface area contributed by atoms with Crippen molar-refractivity contribution in [3.63, 3.8) is 0 Å². The molecular weight excluding hydrogens is 395 g/mol. The lowest BCUT2D eigenvalue weighted by molar-refractivity contribution is -0.0682. The van der Waals surface area contributed by atoms with Crippen molar-refractivity contribution in [3.8, 4) is 0 Å². The monoisotopic (exact) mass is 406 g/mol. The van der Waals surface area contributed by atoms with E-state index in [4.69, 9.17) is 44.3 Å². The average Bonchev–Trinajstić information content (AvgIpc) is 2.64. The standard InChI is InChI=1S/C8H13Cl3O8S2/c1-20(12,13)16-3-5-6(4-17-21(2,14)15)19-7(18-5)8(9,10)11/h5-7H,3-4H2,1-2H3/t5-,6-/m0/s1. The van der Waals surface area contributed by atoms with Crippen LogP contribution in [0.25, 0.3) is 0 Å². The Morgan fingerprint density at radius 3 is 1.48 bits per heavy atom. The molecule has 0 aromatic heterocycles. The predicted molar refractivity (Wildman–Crippen MR) is 75.4 cm³/mol. The molecule has 0 bridgehead atoms. The van der Waals surface area contributed by atoms with Gasteiger partial charge in [0.05, 0.1) is 25.7 Å². The van der Waals surface area contributed by atoms with Crippen LogP contribution in [0.4, 0.5) is 0 Å². The summed E-state index contributed by atoms with van der Waals surface area (Å²) in [6, 6.07) is 0. The molecule has 0 aromatic carbocycles. The largest absolute Gasteiger partial charge is 0.340 e. The van der Waals surface area contributed by atoms with Gasteiger partial charge in [0.1, 0.15) is 12.2 Å². The molecule has 0 N–H and O–H groups in total. The lowest BCUT2D eigenvalue weighted by atomic mass is 10.2. The van der Waals surface area contributed by atoms with Crippen LogP contribution >= 0.6 is 34.8 Å². The van der Waals surface area contributed by atoms with Gasteiger partial charge >= 0.3 is 0 Å². The number of ether oxygens (including phenoxy) is 2. The number of hydrogen-bond acceptors (Lipinski definition) is 8. The summed E-state index contributed by atoms with van der Waals surface area (Å²) in [6.07, 6.45) is -1.60. The Labute approximate surface area is 137 Å². The summed E-state index contributed by atoms with van der Waals surface area (Å²) in [5.41, 5.74) is 0. The van der Waals surface area contributed by atoms with Crippen LogP contribution in [0.3, 0.4) is 0 Å². The zero-order valence-corrected chi connectivity index (χ0v) is 14.8. The van der Waals surface area contributed by atoms with Crippen LogP contribution in [0.15, 0.2) is 0 Å². The maximum Gasteiger partial charge on any atom is 0.264 e. The lowest BCUT2D eigenvalue weighted by Crippen LogP contribution is -2.33. The second-order valence-corrected chi connectivity index (χ2v) is 9.86. The molecule has 1 heterocycles. The quantitative estimate of drug-likeness (QED) is 0.461. The Morgan fingerprint density at radius 2 is 1.24 bits per heavy atom. The Morgan fingerprint density at radius 1 is 0.905 bits per heavy atom. The summed E-state index contributed by atoms with van der Waals surface area (Å²) in [5.74, 6) is 0. The third-order valence-electron chi connectivity index (χ3n) is 2.17. The molecule has 13 heteroatoms. The van der Waals surface area contributed by atoms with Gasteiger partial charge in [-0.2, -0.15) is 16.8 Å². The SMILES string of the molecule is CS(=O)(=O)OC[C@@H]1OC(C(Cl)(Cl)Cl)O[C@H]1COS(C)(=O)=O. The fourth-order valence-electron chi connectivity index (χ4n) is 1.35. The van der Waals surface area contributed by atoms with Crippen molar-refractivity contribution >= 4 is 55.0 Å². The van der Waals surface area contributed by atoms with E-state index < -0.39 is 55.7 Å². The zero-order valence-electron chi connectivity index (χ0n) is 10.9. The first-order chi connectivity index (χ1) is 9.28. The minimum atomic E-state index is -3.72. The molecule has 8 nitrogen and oxygen atoms in total. The highest BCUT2D eigenvalue weighted by atomic mass is 35.6. The van der Waals surface area contributed by atoms with Crippen molar-refractivity contribution in [1.29, 1.82) is 0 Å². The first kappa shape index (κ1) is 19.7. The molecule has 0 unspecified atom stereocenters. The highest BCUT2D eigenvalue weighted by molar-refractivity contribution is 7.86. The maximum absolute atomic E-state index is 11.0. The van der Waals surface area contributed by atoms with E-state index in [-0.39, 0.29) is 0 Å². The first-order valence-corrected chi connectivity index (χ1v) is 10.1. The zero-order chi connectivity index (χ0) is 16.5. The third-order valence-corrected chi connectivity index (χ3v) is 3.83. The third kappa shape index (κ3) is 7.62. The van der Waals surface area contributed by atoms with E-state index in [9.17, 15) is 16.8 Å². The summed E-state index contributed by atoms with van der Waals surface area (Å²) >= 11 is 16.8. The van der Waals surface area contributed by atoms with Crippen molar-refractivity contribution in [2.75, 3.05) is 25.7 Å². The van der Waals surface area contributed by atoms with Gasteiger partial charge in [-0.05, 0) is 0 Å². The van der Waals surface area contributed by atoms with Gasteiger partial charge in [0.2, 0.25) is 10.1 Å². The molecule has 1 aliphatic heterocycles. The van der Waals surface area contributed by atoms with Gasteiger partial charge in [0.25, 0.3) is 20.2 Å². The molecule has 0 spiro atoms. The van der Waals surface area contributed by atoms with Crippen molar-refractivity contribution in [2.45, 2.75) is 22.3 Å². The minimum Gasteiger partial charge on any atom is -0.340 e. The van der Waals surface area contributed by atoms with Crippen LogP contribution in [-0.2, 0) is 38.1 Å². The number of rotatable bonds is 6. The molecule has 21 heavy (non-hydrogen) atoms. The van der Waals surface area contributed by atoms with E-state index in [0.717, 1.165) is 12.5 Å². The molecule has 0 amide bonds. The predicted octanol–water partition coefficient (Wildman–Crippen LogP) is 0.419. The minimum absolute atomic E-state index is 0.437. The normalized spacial score (nSPS) is 25.4. The smallest absolute Gasteiger partial charge is 0.264 e. The molecule has 1 rings (SSSR count). The molecule has 0 aliphatic carbocycles. The molecule has 0 saturated carbocycles. The topological polar surface area (TPSA) is 105 Å². The molecule has 0 radical (unpaired) electrons. The highest BCUT2D eigenvalue weighted by Crippen LogP contribution is 2.38. The lowest BCUT2D eigenvalue weighted by Gasteiger charge is -2.18. The number of halogens is 3. The molecule has 126 valence electrons. The van der Waals surface area contributed by atoms with Gasteiger partial charge in [-0.1, -0.05) is 34.8 Å². The fraction of sp³-hybridized carbons (Fsp3) is 1.00. The van der Waals surface area contributed by atoms with Gasteiger partial charge < -0.3 is 9.47 Å². The maximum atomic E-state index is 11.0. The number of alkyl halides is 3. The first-order valence-electron chi connectivity index (χ1n) is 5.34. The Bertz CT molecular complexity index is 511. The molecule has 2 atom stereocenters. The molecule has 1 saturated heterocycles. The van der Waals surface area contributed by atoms with E-state index >= 15 is 0 Å². The van der Waals surface area contributed by atoms with Crippen molar-refractivity contribution in [2.24, 2.45) is 0 Å². The molecule has 1 aliphatic rings. The van der Waals surface area contributed by atoms with Crippen molar-refractivity contribution < 1.29 is 34.7 Å². The van der Waals surface area contributed by atoms with Crippen molar-refractivity contribution in [3.05, 3.63) is 0 Å². The van der Waals surface area contributed by atoms with E-state index in [1.54, 1.807) is 0 Å². The van der Waals surface area contributed by atoms with Crippen LogP contribution in [-0.4, -0.2) is 64.9 Å². The van der Waals surface area contributed by atoms with Crippen LogP contribution in [0.5, 0.6) is 0 Å². The Kier molecular flexibility index (Phi) is 6.57. The van der Waals surface area contributed by atoms with Gasteiger partial charge in [0, 0.05) is 0 Å². The summed E-state index contributed by atoms with van der Waals surface area (Å²) in [6.45, 7) is -0.873. The highest BCUT2D eigenvalue weighted by Gasteiger charge is 2.47. The van der Waals surface area contributed by atoms with E-state index in [0.29, 0.717) is 0 Å². The Balaban J connectivity index is 2.74. The van der Waals surface area contributed by atoms with Gasteiger partial charge in [0.15, 0.2) is 0 Å². The van der Waals surface area contributed by atoms with Gasteiger partial charge in [-0.3, -0.25) is 8.37 Å². The molecule has 0 aromatic rings. The van der Waals surface area contributed by atoms with Crippen molar-refractivity contribution in [1.82, 2.24) is 0 Å². The van der Waals surface area contributed by atoms with Crippen LogP contribution in [0.1, 0.15) is 0 Å². The number of hydrogen-bond donors (Lipinski definition) is 0. The summed E-state index contributed by atoms with van der Waals surface area (Å²) in [4.78, 5) is 0. The summed E-state index contributed by atoms with van der Waals surface area (Å²) < 4.78 is 61.5. The molecule has 1 fully saturated rings. The van der Waals surface area contributed by atoms with Gasteiger partial charge in [-0.25, -0.2) is 0 Å². The fourth-order valence-corrected chi connectivity index (χ4v) is 2.42.